The monoisotopic (exact) mass is 296 g/mol. The molecule has 1 unspecified atom stereocenters. The number of ether oxygens (including phenoxy) is 1. The van der Waals surface area contributed by atoms with Crippen LogP contribution in [0.15, 0.2) is 48.5 Å². The fourth-order valence-electron chi connectivity index (χ4n) is 2.49. The van der Waals surface area contributed by atoms with Gasteiger partial charge in [0.2, 0.25) is 5.91 Å². The molecule has 0 saturated carbocycles. The van der Waals surface area contributed by atoms with E-state index in [1.165, 1.54) is 5.56 Å². The standard InChI is InChI=1S/C18H20N2O2/c1-13-4-8-15(9-5-13)22-16-10-6-14(7-11-16)20-18(21)17-3-2-12-19-17/h4-11,17,19H,2-3,12H2,1H3,(H,20,21). The first-order valence-electron chi connectivity index (χ1n) is 7.59. The fraction of sp³-hybridized carbons (Fsp3) is 0.278. The van der Waals surface area contributed by atoms with Gasteiger partial charge in [0, 0.05) is 5.69 Å². The summed E-state index contributed by atoms with van der Waals surface area (Å²) in [5.41, 5.74) is 1.99. The first kappa shape index (κ1) is 14.6. The molecular weight excluding hydrogens is 276 g/mol. The summed E-state index contributed by atoms with van der Waals surface area (Å²) in [5.74, 6) is 1.59. The summed E-state index contributed by atoms with van der Waals surface area (Å²) < 4.78 is 5.77. The summed E-state index contributed by atoms with van der Waals surface area (Å²) in [6, 6.07) is 15.3. The van der Waals surface area contributed by atoms with Gasteiger partial charge in [-0.25, -0.2) is 0 Å². The molecule has 0 aromatic heterocycles. The van der Waals surface area contributed by atoms with E-state index < -0.39 is 0 Å². The summed E-state index contributed by atoms with van der Waals surface area (Å²) in [7, 11) is 0. The predicted octanol–water partition coefficient (Wildman–Crippen LogP) is 3.48. The van der Waals surface area contributed by atoms with Crippen molar-refractivity contribution in [1.82, 2.24) is 5.32 Å². The maximum Gasteiger partial charge on any atom is 0.241 e. The van der Waals surface area contributed by atoms with Crippen LogP contribution in [0.4, 0.5) is 5.69 Å². The number of benzene rings is 2. The van der Waals surface area contributed by atoms with E-state index in [9.17, 15) is 4.79 Å². The zero-order chi connectivity index (χ0) is 15.4. The highest BCUT2D eigenvalue weighted by Gasteiger charge is 2.21. The minimum absolute atomic E-state index is 0.0321. The van der Waals surface area contributed by atoms with Gasteiger partial charge < -0.3 is 15.4 Å². The Morgan fingerprint density at radius 2 is 1.73 bits per heavy atom. The summed E-state index contributed by atoms with van der Waals surface area (Å²) >= 11 is 0. The molecule has 1 atom stereocenters. The third kappa shape index (κ3) is 3.65. The van der Waals surface area contributed by atoms with Gasteiger partial charge in [0.1, 0.15) is 11.5 Å². The van der Waals surface area contributed by atoms with E-state index in [2.05, 4.69) is 10.6 Å². The highest BCUT2D eigenvalue weighted by atomic mass is 16.5. The van der Waals surface area contributed by atoms with Crippen molar-refractivity contribution in [3.63, 3.8) is 0 Å². The molecule has 1 aliphatic rings. The molecule has 114 valence electrons. The molecule has 3 rings (SSSR count). The smallest absolute Gasteiger partial charge is 0.241 e. The van der Waals surface area contributed by atoms with Crippen LogP contribution in [0.2, 0.25) is 0 Å². The number of nitrogens with one attached hydrogen (secondary N) is 2. The number of amides is 1. The Bertz CT molecular complexity index is 629. The molecule has 1 amide bonds. The van der Waals surface area contributed by atoms with Crippen molar-refractivity contribution in [2.24, 2.45) is 0 Å². The Morgan fingerprint density at radius 3 is 2.32 bits per heavy atom. The highest BCUT2D eigenvalue weighted by Crippen LogP contribution is 2.23. The van der Waals surface area contributed by atoms with Crippen molar-refractivity contribution >= 4 is 11.6 Å². The van der Waals surface area contributed by atoms with E-state index in [4.69, 9.17) is 4.74 Å². The predicted molar refractivity (Wildman–Crippen MR) is 87.3 cm³/mol. The second-order valence-electron chi connectivity index (χ2n) is 5.58. The van der Waals surface area contributed by atoms with E-state index in [0.29, 0.717) is 0 Å². The second-order valence-corrected chi connectivity index (χ2v) is 5.58. The van der Waals surface area contributed by atoms with Gasteiger partial charge in [0.05, 0.1) is 6.04 Å². The fourth-order valence-corrected chi connectivity index (χ4v) is 2.49. The third-order valence-electron chi connectivity index (χ3n) is 3.76. The molecule has 0 aliphatic carbocycles. The van der Waals surface area contributed by atoms with Gasteiger partial charge in [-0.1, -0.05) is 17.7 Å². The second kappa shape index (κ2) is 6.62. The lowest BCUT2D eigenvalue weighted by Gasteiger charge is -2.12. The number of hydrogen-bond donors (Lipinski definition) is 2. The van der Waals surface area contributed by atoms with Gasteiger partial charge in [0.15, 0.2) is 0 Å². The van der Waals surface area contributed by atoms with Crippen LogP contribution in [0, 0.1) is 6.92 Å². The number of carbonyl (C=O) groups is 1. The lowest BCUT2D eigenvalue weighted by molar-refractivity contribution is -0.117. The van der Waals surface area contributed by atoms with Crippen molar-refractivity contribution < 1.29 is 9.53 Å². The molecule has 2 aromatic rings. The van der Waals surface area contributed by atoms with Crippen LogP contribution >= 0.6 is 0 Å². The molecular formula is C18H20N2O2. The molecule has 1 heterocycles. The zero-order valence-electron chi connectivity index (χ0n) is 12.6. The molecule has 1 saturated heterocycles. The minimum atomic E-state index is -0.0662. The summed E-state index contributed by atoms with van der Waals surface area (Å²) in [5, 5.41) is 6.11. The Hall–Kier alpha value is -2.33. The maximum atomic E-state index is 12.0. The number of carbonyl (C=O) groups excluding carboxylic acids is 1. The Balaban J connectivity index is 1.60. The van der Waals surface area contributed by atoms with Crippen molar-refractivity contribution in [1.29, 1.82) is 0 Å². The van der Waals surface area contributed by atoms with Gasteiger partial charge in [-0.05, 0) is 62.7 Å². The maximum absolute atomic E-state index is 12.0. The van der Waals surface area contributed by atoms with Crippen molar-refractivity contribution in [3.05, 3.63) is 54.1 Å². The Kier molecular flexibility index (Phi) is 4.39. The van der Waals surface area contributed by atoms with E-state index >= 15 is 0 Å². The van der Waals surface area contributed by atoms with Crippen LogP contribution in [-0.2, 0) is 4.79 Å². The van der Waals surface area contributed by atoms with Gasteiger partial charge in [-0.3, -0.25) is 4.79 Å². The van der Waals surface area contributed by atoms with Gasteiger partial charge in [-0.2, -0.15) is 0 Å². The normalized spacial score (nSPS) is 17.2. The molecule has 2 N–H and O–H groups in total. The zero-order valence-corrected chi connectivity index (χ0v) is 12.6. The van der Waals surface area contributed by atoms with Crippen LogP contribution in [0.1, 0.15) is 18.4 Å². The van der Waals surface area contributed by atoms with Crippen molar-refractivity contribution in [3.8, 4) is 11.5 Å². The third-order valence-corrected chi connectivity index (χ3v) is 3.76. The molecule has 4 heteroatoms. The molecule has 4 nitrogen and oxygen atoms in total. The van der Waals surface area contributed by atoms with E-state index in [-0.39, 0.29) is 11.9 Å². The van der Waals surface area contributed by atoms with Crippen LogP contribution in [0.25, 0.3) is 0 Å². The van der Waals surface area contributed by atoms with Crippen molar-refractivity contribution in [2.75, 3.05) is 11.9 Å². The molecule has 0 radical (unpaired) electrons. The number of hydrogen-bond acceptors (Lipinski definition) is 3. The molecule has 0 bridgehead atoms. The average Bonchev–Trinajstić information content (AvgIpc) is 3.06. The van der Waals surface area contributed by atoms with E-state index in [1.807, 2.05) is 55.5 Å². The van der Waals surface area contributed by atoms with Gasteiger partial charge in [-0.15, -0.1) is 0 Å². The average molecular weight is 296 g/mol. The highest BCUT2D eigenvalue weighted by molar-refractivity contribution is 5.95. The minimum Gasteiger partial charge on any atom is -0.457 e. The molecule has 1 fully saturated rings. The number of aryl methyl sites for hydroxylation is 1. The number of anilines is 1. The topological polar surface area (TPSA) is 50.4 Å². The molecule has 1 aliphatic heterocycles. The van der Waals surface area contributed by atoms with Gasteiger partial charge in [0.25, 0.3) is 0 Å². The molecule has 2 aromatic carbocycles. The lowest BCUT2D eigenvalue weighted by Crippen LogP contribution is -2.35. The van der Waals surface area contributed by atoms with Gasteiger partial charge >= 0.3 is 0 Å². The largest absolute Gasteiger partial charge is 0.457 e. The first-order chi connectivity index (χ1) is 10.7. The number of rotatable bonds is 4. The Labute approximate surface area is 130 Å². The SMILES string of the molecule is Cc1ccc(Oc2ccc(NC(=O)C3CCCN3)cc2)cc1. The summed E-state index contributed by atoms with van der Waals surface area (Å²) in [4.78, 5) is 12.0. The molecule has 22 heavy (non-hydrogen) atoms. The molecule has 0 spiro atoms. The van der Waals surface area contributed by atoms with Crippen LogP contribution in [0.3, 0.4) is 0 Å². The van der Waals surface area contributed by atoms with E-state index in [1.54, 1.807) is 0 Å². The van der Waals surface area contributed by atoms with E-state index in [0.717, 1.165) is 36.6 Å². The quantitative estimate of drug-likeness (QED) is 0.908. The summed E-state index contributed by atoms with van der Waals surface area (Å²) in [6.45, 7) is 2.96. The van der Waals surface area contributed by atoms with Crippen LogP contribution in [0.5, 0.6) is 11.5 Å². The van der Waals surface area contributed by atoms with Crippen LogP contribution in [-0.4, -0.2) is 18.5 Å². The van der Waals surface area contributed by atoms with Crippen molar-refractivity contribution in [2.45, 2.75) is 25.8 Å². The first-order valence-corrected chi connectivity index (χ1v) is 7.59. The summed E-state index contributed by atoms with van der Waals surface area (Å²) in [6.07, 6.45) is 1.96. The van der Waals surface area contributed by atoms with Crippen LogP contribution < -0.4 is 15.4 Å². The lowest BCUT2D eigenvalue weighted by atomic mass is 10.2. The Morgan fingerprint density at radius 1 is 1.09 bits per heavy atom.